The molecule has 0 aliphatic carbocycles. The molecule has 168 valence electrons. The lowest BCUT2D eigenvalue weighted by Crippen LogP contribution is -2.50. The summed E-state index contributed by atoms with van der Waals surface area (Å²) < 4.78 is 15.9. The van der Waals surface area contributed by atoms with Gasteiger partial charge in [-0.3, -0.25) is 19.3 Å². The first-order valence-electron chi connectivity index (χ1n) is 10.3. The number of carbonyl (C=O) groups excluding carboxylic acids is 3. The summed E-state index contributed by atoms with van der Waals surface area (Å²) in [5.74, 6) is 1.15. The molecule has 0 saturated carbocycles. The monoisotopic (exact) mass is 439 g/mol. The molecule has 4 rings (SSSR count). The van der Waals surface area contributed by atoms with Crippen LogP contribution in [0, 0.1) is 0 Å². The number of fused-ring (bicyclic) bond motifs is 1. The van der Waals surface area contributed by atoms with Gasteiger partial charge in [0.05, 0.1) is 19.3 Å². The molecule has 32 heavy (non-hydrogen) atoms. The Bertz CT molecular complexity index is 1050. The number of hydrogen-bond acceptors (Lipinski definition) is 7. The Morgan fingerprint density at radius 3 is 2.44 bits per heavy atom. The molecule has 1 saturated heterocycles. The van der Waals surface area contributed by atoms with Gasteiger partial charge in [-0.1, -0.05) is 6.07 Å². The topological polar surface area (TPSA) is 97.4 Å². The molecule has 0 unspecified atom stereocenters. The minimum Gasteiger partial charge on any atom is -0.497 e. The molecule has 2 heterocycles. The quantitative estimate of drug-likeness (QED) is 0.688. The van der Waals surface area contributed by atoms with Crippen LogP contribution in [0.2, 0.25) is 0 Å². The summed E-state index contributed by atoms with van der Waals surface area (Å²) >= 11 is 0. The smallest absolute Gasteiger partial charge is 0.254 e. The Labute approximate surface area is 185 Å². The van der Waals surface area contributed by atoms with Crippen LogP contribution < -0.4 is 19.5 Å². The van der Waals surface area contributed by atoms with Crippen LogP contribution in [0.3, 0.4) is 0 Å². The number of nitrogens with one attached hydrogen (secondary N) is 1. The third kappa shape index (κ3) is 4.67. The van der Waals surface area contributed by atoms with E-state index in [1.54, 1.807) is 48.4 Å². The van der Waals surface area contributed by atoms with Crippen molar-refractivity contribution in [1.82, 2.24) is 9.80 Å². The van der Waals surface area contributed by atoms with Gasteiger partial charge < -0.3 is 24.4 Å². The molecule has 9 heteroatoms. The van der Waals surface area contributed by atoms with Crippen LogP contribution in [0.15, 0.2) is 36.4 Å². The lowest BCUT2D eigenvalue weighted by Gasteiger charge is -2.34. The predicted molar refractivity (Wildman–Crippen MR) is 117 cm³/mol. The second-order valence-corrected chi connectivity index (χ2v) is 7.66. The number of hydrogen-bond donors (Lipinski definition) is 1. The average molecular weight is 439 g/mol. The standard InChI is InChI=1S/C23H25N3O6/c1-15(27)18-11-20-21(32-14-31-20)12-19(18)24-22(28)13-25-6-8-26(9-7-25)23(29)16-4-3-5-17(10-16)30-2/h3-5,10-12H,6-9,13-14H2,1-2H3,(H,24,28). The Kier molecular flexibility index (Phi) is 6.27. The predicted octanol–water partition coefficient (Wildman–Crippen LogP) is 2.02. The largest absolute Gasteiger partial charge is 0.497 e. The molecule has 9 nitrogen and oxygen atoms in total. The van der Waals surface area contributed by atoms with E-state index < -0.39 is 0 Å². The lowest BCUT2D eigenvalue weighted by molar-refractivity contribution is -0.117. The highest BCUT2D eigenvalue weighted by Crippen LogP contribution is 2.37. The Hall–Kier alpha value is -3.59. The van der Waals surface area contributed by atoms with Gasteiger partial charge >= 0.3 is 0 Å². The molecule has 2 aliphatic rings. The first kappa shape index (κ1) is 21.6. The number of benzene rings is 2. The maximum atomic E-state index is 12.8. The summed E-state index contributed by atoms with van der Waals surface area (Å²) in [7, 11) is 1.57. The van der Waals surface area contributed by atoms with E-state index in [4.69, 9.17) is 14.2 Å². The molecule has 0 radical (unpaired) electrons. The van der Waals surface area contributed by atoms with E-state index in [9.17, 15) is 14.4 Å². The highest BCUT2D eigenvalue weighted by molar-refractivity contribution is 6.05. The number of rotatable bonds is 6. The number of amides is 2. The zero-order valence-corrected chi connectivity index (χ0v) is 18.1. The number of carbonyl (C=O) groups is 3. The zero-order valence-electron chi connectivity index (χ0n) is 18.1. The molecule has 0 aromatic heterocycles. The molecule has 2 aromatic rings. The number of ether oxygens (including phenoxy) is 3. The maximum absolute atomic E-state index is 12.8. The number of ketones is 1. The SMILES string of the molecule is COc1cccc(C(=O)N2CCN(CC(=O)Nc3cc4c(cc3C(C)=O)OCO4)CC2)c1. The van der Waals surface area contributed by atoms with Gasteiger partial charge in [-0.15, -0.1) is 0 Å². The molecular formula is C23H25N3O6. The third-order valence-electron chi connectivity index (χ3n) is 5.51. The second-order valence-electron chi connectivity index (χ2n) is 7.66. The van der Waals surface area contributed by atoms with Crippen molar-refractivity contribution in [2.75, 3.05) is 51.9 Å². The zero-order chi connectivity index (χ0) is 22.7. The van der Waals surface area contributed by atoms with E-state index in [1.165, 1.54) is 6.92 Å². The molecular weight excluding hydrogens is 414 g/mol. The van der Waals surface area contributed by atoms with Gasteiger partial charge in [0.15, 0.2) is 17.3 Å². The fourth-order valence-electron chi connectivity index (χ4n) is 3.78. The van der Waals surface area contributed by atoms with Crippen LogP contribution in [0.1, 0.15) is 27.6 Å². The van der Waals surface area contributed by atoms with Gasteiger partial charge in [-0.05, 0) is 31.2 Å². The van der Waals surface area contributed by atoms with Gasteiger partial charge in [-0.2, -0.15) is 0 Å². The van der Waals surface area contributed by atoms with Gasteiger partial charge in [0, 0.05) is 43.4 Å². The summed E-state index contributed by atoms with van der Waals surface area (Å²) in [5.41, 5.74) is 1.35. The van der Waals surface area contributed by atoms with Crippen molar-refractivity contribution in [3.8, 4) is 17.2 Å². The van der Waals surface area contributed by atoms with Gasteiger partial charge in [-0.25, -0.2) is 0 Å². The number of nitrogens with zero attached hydrogens (tertiary/aromatic N) is 2. The van der Waals surface area contributed by atoms with E-state index in [0.717, 1.165) is 0 Å². The van der Waals surface area contributed by atoms with Crippen LogP contribution in [0.25, 0.3) is 0 Å². The molecule has 2 aliphatic heterocycles. The van der Waals surface area contributed by atoms with E-state index >= 15 is 0 Å². The van der Waals surface area contributed by atoms with E-state index in [1.807, 2.05) is 4.90 Å². The molecule has 2 aromatic carbocycles. The number of piperazine rings is 1. The Balaban J connectivity index is 1.33. The highest BCUT2D eigenvalue weighted by atomic mass is 16.7. The summed E-state index contributed by atoms with van der Waals surface area (Å²) in [5, 5.41) is 2.81. The van der Waals surface area contributed by atoms with Crippen molar-refractivity contribution in [3.63, 3.8) is 0 Å². The van der Waals surface area contributed by atoms with Crippen LogP contribution in [0.4, 0.5) is 5.69 Å². The van der Waals surface area contributed by atoms with Crippen molar-refractivity contribution in [1.29, 1.82) is 0 Å². The number of methoxy groups -OCH3 is 1. The summed E-state index contributed by atoms with van der Waals surface area (Å²) in [6.45, 7) is 3.87. The minimum absolute atomic E-state index is 0.0561. The first-order valence-corrected chi connectivity index (χ1v) is 10.3. The minimum atomic E-state index is -0.237. The summed E-state index contributed by atoms with van der Waals surface area (Å²) in [4.78, 5) is 41.1. The van der Waals surface area contributed by atoms with Crippen molar-refractivity contribution < 1.29 is 28.6 Å². The van der Waals surface area contributed by atoms with E-state index in [0.29, 0.717) is 60.2 Å². The van der Waals surface area contributed by atoms with E-state index in [-0.39, 0.29) is 30.9 Å². The molecule has 2 amide bonds. The normalized spacial score (nSPS) is 15.4. The van der Waals surface area contributed by atoms with Crippen molar-refractivity contribution in [3.05, 3.63) is 47.5 Å². The van der Waals surface area contributed by atoms with Crippen LogP contribution in [0.5, 0.6) is 17.2 Å². The summed E-state index contributed by atoms with van der Waals surface area (Å²) in [6.07, 6.45) is 0. The number of Topliss-reactive ketones (excluding diaryl/α,β-unsaturated/α-hetero) is 1. The highest BCUT2D eigenvalue weighted by Gasteiger charge is 2.25. The van der Waals surface area contributed by atoms with Crippen molar-refractivity contribution in [2.45, 2.75) is 6.92 Å². The third-order valence-corrected chi connectivity index (χ3v) is 5.51. The Morgan fingerprint density at radius 1 is 1.03 bits per heavy atom. The summed E-state index contributed by atoms with van der Waals surface area (Å²) in [6, 6.07) is 10.3. The number of anilines is 1. The average Bonchev–Trinajstić information content (AvgIpc) is 3.26. The molecule has 1 N–H and O–H groups in total. The van der Waals surface area contributed by atoms with Gasteiger partial charge in [0.1, 0.15) is 5.75 Å². The van der Waals surface area contributed by atoms with Crippen LogP contribution >= 0.6 is 0 Å². The molecule has 1 fully saturated rings. The lowest BCUT2D eigenvalue weighted by atomic mass is 10.1. The fraction of sp³-hybridized carbons (Fsp3) is 0.348. The van der Waals surface area contributed by atoms with Crippen molar-refractivity contribution in [2.24, 2.45) is 0 Å². The molecule has 0 atom stereocenters. The fourth-order valence-corrected chi connectivity index (χ4v) is 3.78. The first-order chi connectivity index (χ1) is 15.4. The van der Waals surface area contributed by atoms with E-state index in [2.05, 4.69) is 5.32 Å². The van der Waals surface area contributed by atoms with Gasteiger partial charge in [0.25, 0.3) is 5.91 Å². The second kappa shape index (κ2) is 9.27. The van der Waals surface area contributed by atoms with Crippen LogP contribution in [-0.2, 0) is 4.79 Å². The van der Waals surface area contributed by atoms with Gasteiger partial charge in [0.2, 0.25) is 12.7 Å². The van der Waals surface area contributed by atoms with Crippen molar-refractivity contribution >= 4 is 23.3 Å². The van der Waals surface area contributed by atoms with Crippen LogP contribution in [-0.4, -0.2) is 74.0 Å². The molecule has 0 spiro atoms. The molecule has 0 bridgehead atoms. The Morgan fingerprint density at radius 2 is 1.75 bits per heavy atom. The maximum Gasteiger partial charge on any atom is 0.254 e.